The summed E-state index contributed by atoms with van der Waals surface area (Å²) >= 11 is 2.77. The zero-order chi connectivity index (χ0) is 17.8. The average Bonchev–Trinajstić information content (AvgIpc) is 3.13. The predicted octanol–water partition coefficient (Wildman–Crippen LogP) is 5.28. The van der Waals surface area contributed by atoms with E-state index in [1.165, 1.54) is 12.0 Å². The number of thiazole rings is 1. The van der Waals surface area contributed by atoms with Gasteiger partial charge in [-0.2, -0.15) is 9.55 Å². The van der Waals surface area contributed by atoms with Crippen molar-refractivity contribution in [1.82, 2.24) is 9.97 Å². The number of hydrogen-bond acceptors (Lipinski definition) is 7. The van der Waals surface area contributed by atoms with E-state index in [4.69, 9.17) is 9.55 Å². The second kappa shape index (κ2) is 7.54. The number of aromatic nitrogens is 2. The Morgan fingerprint density at radius 1 is 1.12 bits per heavy atom. The molecule has 0 spiro atoms. The highest BCUT2D eigenvalue weighted by Gasteiger charge is 2.07. The molecule has 0 aliphatic heterocycles. The minimum Gasteiger partial charge on any atom is -0.263 e. The van der Waals surface area contributed by atoms with Gasteiger partial charge in [-0.25, -0.2) is 4.98 Å². The fourth-order valence-corrected chi connectivity index (χ4v) is 3.83. The van der Waals surface area contributed by atoms with Crippen LogP contribution in [0.5, 0.6) is 0 Å². The Labute approximate surface area is 158 Å². The van der Waals surface area contributed by atoms with Crippen LogP contribution < -0.4 is 5.48 Å². The van der Waals surface area contributed by atoms with E-state index in [0.717, 1.165) is 31.4 Å². The van der Waals surface area contributed by atoms with E-state index >= 15 is 0 Å². The van der Waals surface area contributed by atoms with Crippen LogP contribution in [-0.2, 0) is 4.28 Å². The number of hydrogen-bond donors (Lipinski definition) is 1. The van der Waals surface area contributed by atoms with Gasteiger partial charge in [0.2, 0.25) is 0 Å². The summed E-state index contributed by atoms with van der Waals surface area (Å²) in [5.41, 5.74) is 6.30. The summed E-state index contributed by atoms with van der Waals surface area (Å²) in [5.74, 6) is 0. The number of nitrogens with one attached hydrogen (secondary N) is 1. The Hall–Kier alpha value is -2.92. The first kappa shape index (κ1) is 16.5. The summed E-state index contributed by atoms with van der Waals surface area (Å²) in [6.07, 6.45) is 3.57. The Balaban J connectivity index is 1.46. The highest BCUT2D eigenvalue weighted by molar-refractivity contribution is 7.94. The molecule has 0 atom stereocenters. The molecule has 0 aliphatic rings. The Bertz CT molecular complexity index is 1070. The van der Waals surface area contributed by atoms with Crippen LogP contribution >= 0.6 is 23.4 Å². The minimum atomic E-state index is 0.603. The second-order valence-corrected chi connectivity index (χ2v) is 7.19. The van der Waals surface area contributed by atoms with Crippen LogP contribution in [0.1, 0.15) is 5.56 Å². The summed E-state index contributed by atoms with van der Waals surface area (Å²) in [5, 5.41) is 9.87. The smallest absolute Gasteiger partial charge is 0.124 e. The van der Waals surface area contributed by atoms with Gasteiger partial charge in [0, 0.05) is 22.9 Å². The van der Waals surface area contributed by atoms with E-state index in [2.05, 4.69) is 21.5 Å². The maximum Gasteiger partial charge on any atom is 0.124 e. The predicted molar refractivity (Wildman–Crippen MR) is 105 cm³/mol. The van der Waals surface area contributed by atoms with E-state index in [9.17, 15) is 0 Å². The third-order valence-corrected chi connectivity index (χ3v) is 5.23. The Morgan fingerprint density at radius 2 is 2.04 bits per heavy atom. The Morgan fingerprint density at radius 3 is 2.92 bits per heavy atom. The number of pyridine rings is 1. The number of nitrogens with zero attached hydrogens (tertiary/aromatic N) is 3. The first-order chi connectivity index (χ1) is 12.8. The monoisotopic (exact) mass is 376 g/mol. The highest BCUT2D eigenvalue weighted by Crippen LogP contribution is 2.31. The average molecular weight is 376 g/mol. The van der Waals surface area contributed by atoms with Gasteiger partial charge in [0.25, 0.3) is 0 Å². The summed E-state index contributed by atoms with van der Waals surface area (Å²) < 4.78 is 6.55. The van der Waals surface area contributed by atoms with Crippen molar-refractivity contribution in [3.63, 3.8) is 0 Å². The first-order valence-corrected chi connectivity index (χ1v) is 9.28. The molecule has 4 rings (SSSR count). The van der Waals surface area contributed by atoms with Crippen molar-refractivity contribution in [2.24, 2.45) is 0 Å². The third kappa shape index (κ3) is 3.68. The van der Waals surface area contributed by atoms with E-state index in [1.807, 2.05) is 48.7 Å². The molecule has 0 unspecified atom stereocenters. The van der Waals surface area contributed by atoms with Crippen molar-refractivity contribution in [2.45, 2.75) is 4.90 Å². The lowest BCUT2D eigenvalue weighted by Gasteiger charge is -2.07. The molecule has 0 radical (unpaired) electrons. The number of rotatable bonds is 5. The normalized spacial score (nSPS) is 10.6. The lowest BCUT2D eigenvalue weighted by molar-refractivity contribution is 0.477. The molecule has 0 saturated carbocycles. The number of fused-ring (bicyclic) bond motifs is 1. The van der Waals surface area contributed by atoms with Gasteiger partial charge in [0.05, 0.1) is 39.6 Å². The highest BCUT2D eigenvalue weighted by atomic mass is 32.2. The summed E-state index contributed by atoms with van der Waals surface area (Å²) in [6, 6.07) is 19.1. The number of anilines is 1. The fraction of sp³-hybridized carbons (Fsp3) is 0. The molecule has 4 aromatic rings. The minimum absolute atomic E-state index is 0.603. The SMILES string of the molecule is N#Cc1cccc(SONc2cccc(-c3nc4ccncc4s3)c2)c1. The first-order valence-electron chi connectivity index (χ1n) is 7.72. The zero-order valence-corrected chi connectivity index (χ0v) is 15.1. The van der Waals surface area contributed by atoms with Crippen LogP contribution in [-0.4, -0.2) is 9.97 Å². The molecule has 2 heterocycles. The van der Waals surface area contributed by atoms with Crippen molar-refractivity contribution >= 4 is 39.3 Å². The molecule has 26 heavy (non-hydrogen) atoms. The second-order valence-electron chi connectivity index (χ2n) is 5.35. The molecule has 0 bridgehead atoms. The van der Waals surface area contributed by atoms with E-state index in [-0.39, 0.29) is 0 Å². The van der Waals surface area contributed by atoms with Gasteiger partial charge in [-0.3, -0.25) is 10.5 Å². The molecule has 0 aliphatic carbocycles. The van der Waals surface area contributed by atoms with E-state index < -0.39 is 0 Å². The maximum absolute atomic E-state index is 8.93. The largest absolute Gasteiger partial charge is 0.263 e. The van der Waals surface area contributed by atoms with E-state index in [0.29, 0.717) is 5.56 Å². The number of nitriles is 1. The molecule has 126 valence electrons. The number of benzene rings is 2. The third-order valence-electron chi connectivity index (χ3n) is 3.56. The lowest BCUT2D eigenvalue weighted by Crippen LogP contribution is -1.94. The molecule has 5 nitrogen and oxygen atoms in total. The summed E-state index contributed by atoms with van der Waals surface area (Å²) in [4.78, 5) is 9.63. The van der Waals surface area contributed by atoms with Gasteiger partial charge >= 0.3 is 0 Å². The lowest BCUT2D eigenvalue weighted by atomic mass is 10.2. The fourth-order valence-electron chi connectivity index (χ4n) is 2.35. The zero-order valence-electron chi connectivity index (χ0n) is 13.4. The molecule has 0 saturated heterocycles. The molecule has 7 heteroatoms. The summed E-state index contributed by atoms with van der Waals surface area (Å²) in [6.45, 7) is 0. The topological polar surface area (TPSA) is 70.8 Å². The van der Waals surface area contributed by atoms with Gasteiger partial charge in [0.15, 0.2) is 0 Å². The van der Waals surface area contributed by atoms with E-state index in [1.54, 1.807) is 29.7 Å². The van der Waals surface area contributed by atoms with Gasteiger partial charge in [0.1, 0.15) is 5.01 Å². The van der Waals surface area contributed by atoms with Crippen molar-refractivity contribution < 1.29 is 4.28 Å². The molecule has 1 N–H and O–H groups in total. The van der Waals surface area contributed by atoms with Crippen LogP contribution in [0.3, 0.4) is 0 Å². The van der Waals surface area contributed by atoms with Gasteiger partial charge in [-0.05, 0) is 36.4 Å². The molecule has 0 amide bonds. The van der Waals surface area contributed by atoms with Crippen LogP contribution in [0.2, 0.25) is 0 Å². The molecule has 0 fully saturated rings. The van der Waals surface area contributed by atoms with Crippen LogP contribution in [0.15, 0.2) is 71.9 Å². The van der Waals surface area contributed by atoms with Crippen LogP contribution in [0.4, 0.5) is 5.69 Å². The van der Waals surface area contributed by atoms with Gasteiger partial charge in [-0.15, -0.1) is 11.3 Å². The van der Waals surface area contributed by atoms with Gasteiger partial charge in [-0.1, -0.05) is 18.2 Å². The van der Waals surface area contributed by atoms with Crippen molar-refractivity contribution in [2.75, 3.05) is 5.48 Å². The van der Waals surface area contributed by atoms with Gasteiger partial charge < -0.3 is 0 Å². The van der Waals surface area contributed by atoms with Crippen molar-refractivity contribution in [3.05, 3.63) is 72.6 Å². The van der Waals surface area contributed by atoms with Crippen LogP contribution in [0.25, 0.3) is 20.8 Å². The molecule has 2 aromatic heterocycles. The van der Waals surface area contributed by atoms with Crippen molar-refractivity contribution in [1.29, 1.82) is 5.26 Å². The molecular weight excluding hydrogens is 364 g/mol. The standard InChI is InChI=1S/C19H12N4OS2/c20-11-13-3-1-6-16(9-13)26-24-23-15-5-2-4-14(10-15)19-22-17-7-8-21-12-18(17)25-19/h1-10,12,23H. The van der Waals surface area contributed by atoms with Crippen molar-refractivity contribution in [3.8, 4) is 16.6 Å². The maximum atomic E-state index is 8.93. The Kier molecular flexibility index (Phi) is 4.80. The summed E-state index contributed by atoms with van der Waals surface area (Å²) in [7, 11) is 0. The molecular formula is C19H12N4OS2. The van der Waals surface area contributed by atoms with Crippen LogP contribution in [0, 0.1) is 11.3 Å². The quantitative estimate of drug-likeness (QED) is 0.377. The molecule has 2 aromatic carbocycles.